The van der Waals surface area contributed by atoms with Gasteiger partial charge in [-0.05, 0) is 54.1 Å². The first-order chi connectivity index (χ1) is 15.6. The predicted octanol–water partition coefficient (Wildman–Crippen LogP) is 3.43. The summed E-state index contributed by atoms with van der Waals surface area (Å²) in [6.45, 7) is 0.299. The molecule has 9 heteroatoms. The maximum atomic E-state index is 13.1. The van der Waals surface area contributed by atoms with E-state index in [0.717, 1.165) is 28.2 Å². The first-order valence-corrected chi connectivity index (χ1v) is 9.86. The summed E-state index contributed by atoms with van der Waals surface area (Å²) >= 11 is 0. The number of hydrogen-bond acceptors (Lipinski definition) is 5. The van der Waals surface area contributed by atoms with E-state index in [2.05, 4.69) is 20.5 Å². The molecule has 5 aromatic rings. The van der Waals surface area contributed by atoms with Crippen molar-refractivity contribution in [1.82, 2.24) is 24.4 Å². The molecule has 3 heterocycles. The molecule has 0 aliphatic heterocycles. The molecule has 0 spiro atoms. The van der Waals surface area contributed by atoms with E-state index in [1.54, 1.807) is 39.9 Å². The number of amides is 1. The zero-order chi connectivity index (χ0) is 22.1. The number of carbonyl (C=O) groups is 1. The van der Waals surface area contributed by atoms with Crippen molar-refractivity contribution in [2.45, 2.75) is 6.54 Å². The van der Waals surface area contributed by atoms with Gasteiger partial charge in [-0.1, -0.05) is 6.07 Å². The predicted molar refractivity (Wildman–Crippen MR) is 118 cm³/mol. The fraction of sp³-hybridized carbons (Fsp3) is 0.0435. The summed E-state index contributed by atoms with van der Waals surface area (Å²) in [6, 6.07) is 14.5. The van der Waals surface area contributed by atoms with Crippen molar-refractivity contribution >= 4 is 17.2 Å². The summed E-state index contributed by atoms with van der Waals surface area (Å²) in [5, 5.41) is 11.7. The van der Waals surface area contributed by atoms with Crippen molar-refractivity contribution < 1.29 is 9.18 Å². The highest BCUT2D eigenvalue weighted by Crippen LogP contribution is 2.24. The van der Waals surface area contributed by atoms with Gasteiger partial charge in [-0.25, -0.2) is 18.6 Å². The van der Waals surface area contributed by atoms with Gasteiger partial charge < -0.3 is 11.1 Å². The maximum absolute atomic E-state index is 13.1. The van der Waals surface area contributed by atoms with Gasteiger partial charge in [-0.3, -0.25) is 4.79 Å². The standard InChI is InChI=1S/C23H18FN7O/c24-18-6-3-15(4-7-18)23(32)29-19-8-5-16(11-25)20(10-19)30-14-17(12-28-30)21-13-26-22-2-1-9-27-31(21)22/h1-10,12-14H,11,25H2,(H,29,32). The van der Waals surface area contributed by atoms with Crippen LogP contribution in [0.3, 0.4) is 0 Å². The zero-order valence-electron chi connectivity index (χ0n) is 16.8. The Kier molecular flexibility index (Phi) is 4.92. The number of imidazole rings is 1. The van der Waals surface area contributed by atoms with Crippen LogP contribution in [0, 0.1) is 5.82 Å². The summed E-state index contributed by atoms with van der Waals surface area (Å²) in [4.78, 5) is 16.9. The largest absolute Gasteiger partial charge is 0.326 e. The number of hydrogen-bond donors (Lipinski definition) is 2. The lowest BCUT2D eigenvalue weighted by atomic mass is 10.1. The molecule has 0 atom stereocenters. The molecule has 32 heavy (non-hydrogen) atoms. The first-order valence-electron chi connectivity index (χ1n) is 9.86. The minimum atomic E-state index is -0.396. The molecule has 0 fully saturated rings. The van der Waals surface area contributed by atoms with Gasteiger partial charge in [-0.2, -0.15) is 10.2 Å². The molecule has 0 unspecified atom stereocenters. The Labute approximate surface area is 182 Å². The number of carbonyl (C=O) groups excluding carboxylic acids is 1. The third kappa shape index (κ3) is 3.61. The number of nitrogens with one attached hydrogen (secondary N) is 1. The lowest BCUT2D eigenvalue weighted by Gasteiger charge is -2.12. The molecule has 8 nitrogen and oxygen atoms in total. The fourth-order valence-electron chi connectivity index (χ4n) is 3.44. The number of anilines is 1. The van der Waals surface area contributed by atoms with Crippen LogP contribution in [0.25, 0.3) is 22.6 Å². The second-order valence-electron chi connectivity index (χ2n) is 7.12. The molecule has 5 rings (SSSR count). The Balaban J connectivity index is 1.47. The molecular weight excluding hydrogens is 409 g/mol. The van der Waals surface area contributed by atoms with E-state index < -0.39 is 5.82 Å². The molecular formula is C23H18FN7O. The van der Waals surface area contributed by atoms with E-state index in [9.17, 15) is 9.18 Å². The van der Waals surface area contributed by atoms with E-state index in [0.29, 0.717) is 17.8 Å². The van der Waals surface area contributed by atoms with Gasteiger partial charge in [-0.15, -0.1) is 0 Å². The molecule has 3 aromatic heterocycles. The van der Waals surface area contributed by atoms with Gasteiger partial charge in [0.1, 0.15) is 5.82 Å². The van der Waals surface area contributed by atoms with Crippen LogP contribution in [0.4, 0.5) is 10.1 Å². The number of nitrogens with two attached hydrogens (primary N) is 1. The molecule has 0 saturated carbocycles. The molecule has 0 aliphatic rings. The number of benzene rings is 2. The van der Waals surface area contributed by atoms with Crippen LogP contribution in [0.1, 0.15) is 15.9 Å². The van der Waals surface area contributed by atoms with Gasteiger partial charge in [0.15, 0.2) is 5.65 Å². The number of fused-ring (bicyclic) bond motifs is 1. The summed E-state index contributed by atoms with van der Waals surface area (Å²) in [5.41, 5.74) is 10.8. The molecule has 0 radical (unpaired) electrons. The van der Waals surface area contributed by atoms with E-state index in [1.807, 2.05) is 24.4 Å². The minimum Gasteiger partial charge on any atom is -0.326 e. The van der Waals surface area contributed by atoms with Gasteiger partial charge >= 0.3 is 0 Å². The number of halogens is 1. The SMILES string of the molecule is NCc1ccc(NC(=O)c2ccc(F)cc2)cc1-n1cc(-c2cnc3cccnn23)cn1. The Bertz CT molecular complexity index is 1420. The number of nitrogens with zero attached hydrogens (tertiary/aromatic N) is 5. The van der Waals surface area contributed by atoms with E-state index in [-0.39, 0.29) is 5.91 Å². The average molecular weight is 427 g/mol. The second-order valence-corrected chi connectivity index (χ2v) is 7.12. The van der Waals surface area contributed by atoms with Crippen LogP contribution in [-0.4, -0.2) is 30.3 Å². The normalized spacial score (nSPS) is 11.1. The molecule has 1 amide bonds. The van der Waals surface area contributed by atoms with Gasteiger partial charge in [0.2, 0.25) is 0 Å². The first kappa shape index (κ1) is 19.6. The summed E-state index contributed by atoms with van der Waals surface area (Å²) < 4.78 is 16.6. The molecule has 2 aromatic carbocycles. The van der Waals surface area contributed by atoms with Crippen LogP contribution in [-0.2, 0) is 6.54 Å². The summed E-state index contributed by atoms with van der Waals surface area (Å²) in [7, 11) is 0. The Morgan fingerprint density at radius 2 is 1.91 bits per heavy atom. The van der Waals surface area contributed by atoms with Crippen LogP contribution >= 0.6 is 0 Å². The molecule has 0 saturated heterocycles. The lowest BCUT2D eigenvalue weighted by molar-refractivity contribution is 0.102. The highest BCUT2D eigenvalue weighted by Gasteiger charge is 2.13. The van der Waals surface area contributed by atoms with Crippen molar-refractivity contribution in [3.8, 4) is 16.9 Å². The van der Waals surface area contributed by atoms with Gasteiger partial charge in [0.05, 0.1) is 23.8 Å². The Morgan fingerprint density at radius 3 is 2.72 bits per heavy atom. The fourth-order valence-corrected chi connectivity index (χ4v) is 3.44. The van der Waals surface area contributed by atoms with Crippen LogP contribution in [0.15, 0.2) is 79.4 Å². The molecule has 0 bridgehead atoms. The monoisotopic (exact) mass is 427 g/mol. The number of rotatable bonds is 5. The molecule has 3 N–H and O–H groups in total. The quantitative estimate of drug-likeness (QED) is 0.447. The summed E-state index contributed by atoms with van der Waals surface area (Å²) in [5.74, 6) is -0.735. The van der Waals surface area contributed by atoms with E-state index >= 15 is 0 Å². The van der Waals surface area contributed by atoms with Crippen LogP contribution < -0.4 is 11.1 Å². The van der Waals surface area contributed by atoms with Crippen molar-refractivity contribution in [2.75, 3.05) is 5.32 Å². The van der Waals surface area contributed by atoms with E-state index in [1.165, 1.54) is 24.3 Å². The molecule has 0 aliphatic carbocycles. The topological polar surface area (TPSA) is 103 Å². The van der Waals surface area contributed by atoms with Crippen molar-refractivity contribution in [1.29, 1.82) is 0 Å². The van der Waals surface area contributed by atoms with Crippen molar-refractivity contribution in [3.63, 3.8) is 0 Å². The maximum Gasteiger partial charge on any atom is 0.255 e. The van der Waals surface area contributed by atoms with Crippen LogP contribution in [0.5, 0.6) is 0 Å². The second kappa shape index (κ2) is 8.05. The average Bonchev–Trinajstić information content (AvgIpc) is 3.46. The highest BCUT2D eigenvalue weighted by atomic mass is 19.1. The Hall–Kier alpha value is -4.37. The minimum absolute atomic E-state index is 0.299. The van der Waals surface area contributed by atoms with Gasteiger partial charge in [0, 0.05) is 35.8 Å². The van der Waals surface area contributed by atoms with Crippen molar-refractivity contribution in [3.05, 3.63) is 96.3 Å². The van der Waals surface area contributed by atoms with E-state index in [4.69, 9.17) is 5.73 Å². The third-order valence-electron chi connectivity index (χ3n) is 5.07. The smallest absolute Gasteiger partial charge is 0.255 e. The van der Waals surface area contributed by atoms with Gasteiger partial charge in [0.25, 0.3) is 5.91 Å². The lowest BCUT2D eigenvalue weighted by Crippen LogP contribution is -2.13. The zero-order valence-corrected chi connectivity index (χ0v) is 16.8. The number of aromatic nitrogens is 5. The Morgan fingerprint density at radius 1 is 1.06 bits per heavy atom. The molecule has 158 valence electrons. The van der Waals surface area contributed by atoms with Crippen molar-refractivity contribution in [2.24, 2.45) is 5.73 Å². The summed E-state index contributed by atoms with van der Waals surface area (Å²) in [6.07, 6.45) is 7.02. The third-order valence-corrected chi connectivity index (χ3v) is 5.07. The van der Waals surface area contributed by atoms with Crippen LogP contribution in [0.2, 0.25) is 0 Å². The highest BCUT2D eigenvalue weighted by molar-refractivity contribution is 6.04.